The summed E-state index contributed by atoms with van der Waals surface area (Å²) in [4.78, 5) is 0. The topological polar surface area (TPSA) is 66.4 Å². The van der Waals surface area contributed by atoms with Crippen molar-refractivity contribution in [3.63, 3.8) is 0 Å². The largest absolute Gasteiger partial charge is 0.726 e. The van der Waals surface area contributed by atoms with E-state index < -0.39 is 10.4 Å². The predicted octanol–water partition coefficient (Wildman–Crippen LogP) is 20.1. The maximum Gasteiger partial charge on any atom is 0.217 e. The number of quaternary nitrogens is 1. The number of hydrogen-bond donors (Lipinski definition) is 0. The Morgan fingerprint density at radius 1 is 0.281 bits per heavy atom. The maximum absolute atomic E-state index is 9.45. The lowest BCUT2D eigenvalue weighted by Crippen LogP contribution is -2.50. The smallest absolute Gasteiger partial charge is 0.217 e. The summed E-state index contributed by atoms with van der Waals surface area (Å²) < 4.78 is 33.4. The van der Waals surface area contributed by atoms with Crippen LogP contribution in [0.4, 0.5) is 0 Å². The van der Waals surface area contributed by atoms with Gasteiger partial charge in [0.25, 0.3) is 0 Å². The van der Waals surface area contributed by atoms with Gasteiger partial charge in [0.15, 0.2) is 0 Å². The summed E-state index contributed by atoms with van der Waals surface area (Å²) >= 11 is 0. The molecule has 0 aromatic carbocycles. The minimum Gasteiger partial charge on any atom is -0.726 e. The van der Waals surface area contributed by atoms with Gasteiger partial charge in [0.2, 0.25) is 10.4 Å². The summed E-state index contributed by atoms with van der Waals surface area (Å²) in [5.74, 6) is 0. The van der Waals surface area contributed by atoms with Crippen molar-refractivity contribution in [3.05, 3.63) is 0 Å². The third-order valence-electron chi connectivity index (χ3n) is 14.4. The monoisotopic (exact) mass is 928 g/mol. The summed E-state index contributed by atoms with van der Waals surface area (Å²) in [6.45, 7) is 16.6. The van der Waals surface area contributed by atoms with Gasteiger partial charge in [-0.1, -0.05) is 290 Å². The van der Waals surface area contributed by atoms with Gasteiger partial charge in [-0.25, -0.2) is 8.42 Å². The molecule has 0 spiro atoms. The molecule has 0 aliphatic rings. The second-order valence-electron chi connectivity index (χ2n) is 20.6. The molecule has 0 fully saturated rings. The van der Waals surface area contributed by atoms with Crippen molar-refractivity contribution in [1.82, 2.24) is 0 Å². The van der Waals surface area contributed by atoms with Crippen LogP contribution in [0.2, 0.25) is 0 Å². The molecule has 0 unspecified atom stereocenters. The fraction of sp³-hybridized carbons (Fsp3) is 1.00. The Morgan fingerprint density at radius 3 is 0.547 bits per heavy atom. The zero-order valence-corrected chi connectivity index (χ0v) is 45.8. The predicted molar refractivity (Wildman–Crippen MR) is 285 cm³/mol. The van der Waals surface area contributed by atoms with Crippen molar-refractivity contribution in [2.45, 2.75) is 343 Å². The fourth-order valence-electron chi connectivity index (χ4n) is 9.94. The molecule has 0 aliphatic heterocycles. The molecule has 0 radical (unpaired) electrons. The van der Waals surface area contributed by atoms with Gasteiger partial charge in [-0.2, -0.15) is 0 Å². The van der Waals surface area contributed by atoms with Gasteiger partial charge in [-0.05, 0) is 52.4 Å². The quantitative estimate of drug-likeness (QED) is 0.0264. The molecule has 0 amide bonds. The third kappa shape index (κ3) is 56.2. The van der Waals surface area contributed by atoms with Crippen LogP contribution in [0.25, 0.3) is 0 Å². The van der Waals surface area contributed by atoms with E-state index in [1.165, 1.54) is 346 Å². The zero-order valence-electron chi connectivity index (χ0n) is 45.0. The second kappa shape index (κ2) is 55.4. The average molecular weight is 929 g/mol. The van der Waals surface area contributed by atoms with E-state index in [0.29, 0.717) is 0 Å². The van der Waals surface area contributed by atoms with Crippen molar-refractivity contribution < 1.29 is 21.6 Å². The molecule has 0 saturated carbocycles. The zero-order chi connectivity index (χ0) is 47.2. The molecule has 0 aromatic heterocycles. The van der Waals surface area contributed by atoms with Crippen molar-refractivity contribution in [3.8, 4) is 0 Å². The van der Waals surface area contributed by atoms with Gasteiger partial charge >= 0.3 is 0 Å². The van der Waals surface area contributed by atoms with E-state index in [-0.39, 0.29) is 6.61 Å². The first-order chi connectivity index (χ1) is 31.3. The van der Waals surface area contributed by atoms with Crippen LogP contribution in [0.15, 0.2) is 0 Å². The van der Waals surface area contributed by atoms with E-state index >= 15 is 0 Å². The molecule has 0 aromatic rings. The number of nitrogens with zero attached hydrogens (tertiary/aromatic N) is 1. The van der Waals surface area contributed by atoms with E-state index in [0.717, 1.165) is 0 Å². The van der Waals surface area contributed by atoms with E-state index in [1.807, 2.05) is 0 Å². The van der Waals surface area contributed by atoms with E-state index in [9.17, 15) is 13.0 Å². The molecule has 388 valence electrons. The summed E-state index contributed by atoms with van der Waals surface area (Å²) in [5.41, 5.74) is 0. The molecule has 5 nitrogen and oxygen atoms in total. The Bertz CT molecular complexity index is 854. The third-order valence-corrected chi connectivity index (χ3v) is 14.9. The minimum absolute atomic E-state index is 0.0914. The number of hydrogen-bond acceptors (Lipinski definition) is 4. The Labute approximate surface area is 405 Å². The Hall–Kier alpha value is -0.170. The van der Waals surface area contributed by atoms with Gasteiger partial charge in [-0.3, -0.25) is 4.18 Å². The molecule has 6 heteroatoms. The fourth-order valence-corrected chi connectivity index (χ4v) is 10.2. The van der Waals surface area contributed by atoms with Gasteiger partial charge < -0.3 is 9.04 Å². The van der Waals surface area contributed by atoms with Gasteiger partial charge in [0.05, 0.1) is 32.8 Å². The lowest BCUT2D eigenvalue weighted by molar-refractivity contribution is -0.927. The van der Waals surface area contributed by atoms with Crippen LogP contribution in [0.5, 0.6) is 0 Å². The molecule has 0 rings (SSSR count). The molecule has 0 N–H and O–H groups in total. The van der Waals surface area contributed by atoms with Crippen LogP contribution in [0.3, 0.4) is 0 Å². The van der Waals surface area contributed by atoms with Gasteiger partial charge in [-0.15, -0.1) is 0 Å². The van der Waals surface area contributed by atoms with Gasteiger partial charge in [0.1, 0.15) is 0 Å². The average Bonchev–Trinajstić information content (AvgIpc) is 3.28. The summed E-state index contributed by atoms with van der Waals surface area (Å²) in [5, 5.41) is 0. The molecule has 0 heterocycles. The first-order valence-corrected chi connectivity index (χ1v) is 31.1. The van der Waals surface area contributed by atoms with Crippen LogP contribution < -0.4 is 0 Å². The molecule has 0 saturated heterocycles. The van der Waals surface area contributed by atoms with Gasteiger partial charge in [0, 0.05) is 0 Å². The molecular weight excluding hydrogens is 807 g/mol. The van der Waals surface area contributed by atoms with Crippen LogP contribution in [-0.4, -0.2) is 50.2 Å². The molecular formula is C58H121NO4S. The summed E-state index contributed by atoms with van der Waals surface area (Å²) in [6.07, 6.45) is 70.8. The van der Waals surface area contributed by atoms with Crippen molar-refractivity contribution in [1.29, 1.82) is 0 Å². The Morgan fingerprint density at radius 2 is 0.438 bits per heavy atom. The molecule has 0 atom stereocenters. The highest BCUT2D eigenvalue weighted by atomic mass is 32.3. The molecule has 64 heavy (non-hydrogen) atoms. The first-order valence-electron chi connectivity index (χ1n) is 29.8. The summed E-state index contributed by atoms with van der Waals surface area (Å²) in [7, 11) is -4.42. The minimum atomic E-state index is -4.42. The Balaban J connectivity index is 0. The lowest BCUT2D eigenvalue weighted by atomic mass is 10.0. The summed E-state index contributed by atoms with van der Waals surface area (Å²) in [6, 6.07) is 0. The first kappa shape index (κ1) is 65.9. The maximum atomic E-state index is 9.45. The van der Waals surface area contributed by atoms with Crippen molar-refractivity contribution in [2.24, 2.45) is 0 Å². The van der Waals surface area contributed by atoms with E-state index in [4.69, 9.17) is 0 Å². The van der Waals surface area contributed by atoms with Crippen LogP contribution >= 0.6 is 0 Å². The van der Waals surface area contributed by atoms with E-state index in [2.05, 4.69) is 31.9 Å². The molecule has 0 bridgehead atoms. The standard InChI is InChI=1S/C56H116N.C2H6O4S/c1-5-9-12-15-18-21-24-27-30-33-36-39-42-45-48-51-54-57(8-4,55-52-49-46-43-40-37-34-31-28-25-22-19-16-13-10-6-2)56-53-50-47-44-41-38-35-32-29-26-23-20-17-14-11-7-3;1-2-6-7(3,4)5/h5-56H2,1-4H3;2H2,1H3,(H,3,4,5)/q+1;/p-1. The van der Waals surface area contributed by atoms with Crippen LogP contribution in [0.1, 0.15) is 343 Å². The van der Waals surface area contributed by atoms with Crippen LogP contribution in [-0.2, 0) is 14.6 Å². The normalized spacial score (nSPS) is 12.0. The van der Waals surface area contributed by atoms with Crippen LogP contribution in [0, 0.1) is 0 Å². The number of rotatable bonds is 54. The SMILES string of the molecule is CCCCCCCCCCCCCCCCCC[N+](CC)(CCCCCCCCCCCCCCCCCC)CCCCCCCCCCCCCCCCCC.CCOS(=O)(=O)[O-]. The number of unbranched alkanes of at least 4 members (excludes halogenated alkanes) is 45. The Kier molecular flexibility index (Phi) is 57.1. The second-order valence-corrected chi connectivity index (χ2v) is 21.6. The van der Waals surface area contributed by atoms with Crippen molar-refractivity contribution in [2.75, 3.05) is 32.8 Å². The highest BCUT2D eigenvalue weighted by Gasteiger charge is 2.24. The molecule has 0 aliphatic carbocycles. The lowest BCUT2D eigenvalue weighted by Gasteiger charge is -2.38. The van der Waals surface area contributed by atoms with E-state index in [1.54, 1.807) is 0 Å². The highest BCUT2D eigenvalue weighted by molar-refractivity contribution is 7.80. The highest BCUT2D eigenvalue weighted by Crippen LogP contribution is 2.21. The van der Waals surface area contributed by atoms with Crippen molar-refractivity contribution >= 4 is 10.4 Å².